The molecule has 256 valence electrons. The van der Waals surface area contributed by atoms with Gasteiger partial charge in [0.25, 0.3) is 0 Å². The van der Waals surface area contributed by atoms with Gasteiger partial charge in [-0.05, 0) is 93.4 Å². The van der Waals surface area contributed by atoms with E-state index in [4.69, 9.17) is 26.4 Å². The van der Waals surface area contributed by atoms with Gasteiger partial charge in [-0.25, -0.2) is 15.0 Å². The Labute approximate surface area is 288 Å². The molecule has 6 aliphatic rings. The maximum absolute atomic E-state index is 13.0. The smallest absolute Gasteiger partial charge is 0.234 e. The van der Waals surface area contributed by atoms with Crippen LogP contribution < -0.4 is 22.1 Å². The van der Waals surface area contributed by atoms with E-state index in [1.165, 1.54) is 0 Å². The molecule has 0 aromatic rings. The van der Waals surface area contributed by atoms with Gasteiger partial charge in [0.1, 0.15) is 5.76 Å². The highest BCUT2D eigenvalue weighted by atomic mass is 16.3. The van der Waals surface area contributed by atoms with Gasteiger partial charge < -0.3 is 27.2 Å². The lowest BCUT2D eigenvalue weighted by Crippen LogP contribution is -2.36. The number of rotatable bonds is 11. The zero-order chi connectivity index (χ0) is 35.1. The molecule has 5 heterocycles. The van der Waals surface area contributed by atoms with Crippen LogP contribution >= 0.6 is 0 Å². The number of nitrogens with one attached hydrogen (secondary N) is 2. The molecule has 8 bridgehead atoms. The average molecular weight is 662 g/mol. The van der Waals surface area contributed by atoms with Gasteiger partial charge in [0.05, 0.1) is 40.3 Å². The summed E-state index contributed by atoms with van der Waals surface area (Å²) in [5.41, 5.74) is 25.0. The van der Waals surface area contributed by atoms with Crippen molar-refractivity contribution in [3.63, 3.8) is 0 Å². The zero-order valence-electron chi connectivity index (χ0n) is 29.2. The number of allylic oxidation sites excluding steroid dienone is 12. The van der Waals surface area contributed by atoms with E-state index in [2.05, 4.69) is 57.1 Å². The predicted octanol–water partition coefficient (Wildman–Crippen LogP) is 5.72. The van der Waals surface area contributed by atoms with Crippen LogP contribution in [0.3, 0.4) is 0 Å². The van der Waals surface area contributed by atoms with E-state index in [9.17, 15) is 14.7 Å². The van der Waals surface area contributed by atoms with Gasteiger partial charge in [0.2, 0.25) is 11.8 Å². The Bertz CT molecular complexity index is 1900. The summed E-state index contributed by atoms with van der Waals surface area (Å²) in [5, 5.41) is 18.1. The van der Waals surface area contributed by atoms with E-state index in [-0.39, 0.29) is 17.7 Å². The number of primary amides is 1. The standard InChI is InChI=1S/C39H47N7O3/c1-7-23-19(3)28-16-30-21(5)25(12-13-35(48)42-14-10-9-11-27(40)39(41)49)37(45-30)26-15-34(47)36-22(6)31(46-38(26)36)18-33-24(8-2)20(4)29(44-33)17-32(23)43-28/h7,16-18,21,25,27,45,47H,1,8-15,40H2,2-6H3,(H2,41,49)(H,42,48)/t21-,25-,27?/m0/s1. The van der Waals surface area contributed by atoms with E-state index >= 15 is 0 Å². The van der Waals surface area contributed by atoms with Crippen molar-refractivity contribution in [2.45, 2.75) is 85.6 Å². The molecule has 49 heavy (non-hydrogen) atoms. The van der Waals surface area contributed by atoms with Gasteiger partial charge in [0.15, 0.2) is 0 Å². The Morgan fingerprint density at radius 1 is 1.08 bits per heavy atom. The number of amides is 2. The third kappa shape index (κ3) is 6.25. The number of nitrogens with two attached hydrogens (primary N) is 2. The van der Waals surface area contributed by atoms with Crippen molar-refractivity contribution < 1.29 is 14.7 Å². The number of hydrogen-bond acceptors (Lipinski definition) is 8. The lowest BCUT2D eigenvalue weighted by Gasteiger charge is -2.18. The van der Waals surface area contributed by atoms with Gasteiger partial charge in [-0.1, -0.05) is 26.5 Å². The normalized spacial score (nSPS) is 23.4. The number of aliphatic imine (C=N–C) groups is 3. The number of aliphatic hydroxyl groups excluding tert-OH is 1. The molecule has 0 saturated carbocycles. The SMILES string of the molecule is C=CC1=C(C)C2=NC1=CC1=NC(=CC3=C(C)C4=C(O)CC(=C5NC(=C2)[C@@H](C)[C@@H]5CCC(=O)NCCCCC(N)C(N)=O)C4=N3)C(CC)=C1C. The second kappa shape index (κ2) is 13.6. The first-order valence-electron chi connectivity index (χ1n) is 17.3. The molecular formula is C39H47N7O3. The highest BCUT2D eigenvalue weighted by molar-refractivity contribution is 6.21. The predicted molar refractivity (Wildman–Crippen MR) is 195 cm³/mol. The summed E-state index contributed by atoms with van der Waals surface area (Å²) in [4.78, 5) is 39.5. The van der Waals surface area contributed by atoms with Gasteiger partial charge in [-0.2, -0.15) is 0 Å². The van der Waals surface area contributed by atoms with E-state index in [1.54, 1.807) is 0 Å². The second-order valence-electron chi connectivity index (χ2n) is 13.6. The number of aliphatic hydroxyl groups is 1. The van der Waals surface area contributed by atoms with Crippen LogP contribution in [-0.2, 0) is 9.59 Å². The third-order valence-corrected chi connectivity index (χ3v) is 10.6. The highest BCUT2D eigenvalue weighted by Gasteiger charge is 2.41. The molecule has 0 aromatic carbocycles. The molecule has 0 spiro atoms. The molecule has 0 radical (unpaired) electrons. The molecule has 6 rings (SSSR count). The maximum Gasteiger partial charge on any atom is 0.234 e. The second-order valence-corrected chi connectivity index (χ2v) is 13.6. The summed E-state index contributed by atoms with van der Waals surface area (Å²) in [6.45, 7) is 15.1. The minimum absolute atomic E-state index is 0.00664. The summed E-state index contributed by atoms with van der Waals surface area (Å²) in [6, 6.07) is -0.659. The molecule has 1 unspecified atom stereocenters. The molecule has 5 aliphatic heterocycles. The molecule has 10 nitrogen and oxygen atoms in total. The first-order chi connectivity index (χ1) is 23.4. The van der Waals surface area contributed by atoms with Crippen LogP contribution in [0.4, 0.5) is 0 Å². The third-order valence-electron chi connectivity index (χ3n) is 10.6. The summed E-state index contributed by atoms with van der Waals surface area (Å²) in [5.74, 6) is -0.177. The van der Waals surface area contributed by atoms with Gasteiger partial charge in [-0.15, -0.1) is 0 Å². The molecule has 7 N–H and O–H groups in total. The summed E-state index contributed by atoms with van der Waals surface area (Å²) in [6.07, 6.45) is 12.1. The number of hydrogen-bond donors (Lipinski definition) is 5. The van der Waals surface area contributed by atoms with E-state index in [0.717, 1.165) is 91.1 Å². The highest BCUT2D eigenvalue weighted by Crippen LogP contribution is 2.46. The number of unbranched alkanes of at least 4 members (excludes halogenated alkanes) is 1. The van der Waals surface area contributed by atoms with Crippen molar-refractivity contribution in [1.29, 1.82) is 0 Å². The molecule has 10 heteroatoms. The van der Waals surface area contributed by atoms with Crippen molar-refractivity contribution in [3.8, 4) is 0 Å². The van der Waals surface area contributed by atoms with Crippen LogP contribution in [0, 0.1) is 11.8 Å². The summed E-state index contributed by atoms with van der Waals surface area (Å²) >= 11 is 0. The van der Waals surface area contributed by atoms with Gasteiger partial charge in [0, 0.05) is 59.3 Å². The van der Waals surface area contributed by atoms with E-state index in [0.29, 0.717) is 50.8 Å². The van der Waals surface area contributed by atoms with Crippen LogP contribution in [-0.4, -0.2) is 46.6 Å². The maximum atomic E-state index is 13.0. The first kappa shape index (κ1) is 34.0. The topological polar surface area (TPSA) is 168 Å². The van der Waals surface area contributed by atoms with Crippen LogP contribution in [0.25, 0.3) is 0 Å². The van der Waals surface area contributed by atoms with Crippen LogP contribution in [0.2, 0.25) is 0 Å². The van der Waals surface area contributed by atoms with Crippen molar-refractivity contribution in [2.24, 2.45) is 38.3 Å². The lowest BCUT2D eigenvalue weighted by molar-refractivity contribution is -0.121. The molecule has 0 aromatic heterocycles. The molecule has 1 fully saturated rings. The molecule has 1 aliphatic carbocycles. The fourth-order valence-corrected chi connectivity index (χ4v) is 7.62. The molecule has 2 amide bonds. The molecule has 3 atom stereocenters. The monoisotopic (exact) mass is 661 g/mol. The fourth-order valence-electron chi connectivity index (χ4n) is 7.62. The number of fused-ring (bicyclic) bond motifs is 5. The summed E-state index contributed by atoms with van der Waals surface area (Å²) < 4.78 is 0. The van der Waals surface area contributed by atoms with Crippen LogP contribution in [0.1, 0.15) is 79.6 Å². The molecule has 1 saturated heterocycles. The number of carbonyl (C=O) groups excluding carboxylic acids is 2. The zero-order valence-corrected chi connectivity index (χ0v) is 29.2. The lowest BCUT2D eigenvalue weighted by atomic mass is 9.86. The number of nitrogens with zero attached hydrogens (tertiary/aromatic N) is 3. The van der Waals surface area contributed by atoms with Crippen molar-refractivity contribution >= 4 is 28.9 Å². The Hall–Kier alpha value is -4.83. The van der Waals surface area contributed by atoms with Gasteiger partial charge >= 0.3 is 0 Å². The first-order valence-corrected chi connectivity index (χ1v) is 17.3. The molecular weight excluding hydrogens is 614 g/mol. The van der Waals surface area contributed by atoms with Crippen LogP contribution in [0.5, 0.6) is 0 Å². The number of carbonyl (C=O) groups is 2. The minimum atomic E-state index is -0.659. The Balaban J connectivity index is 1.36. The van der Waals surface area contributed by atoms with E-state index < -0.39 is 11.9 Å². The van der Waals surface area contributed by atoms with Crippen molar-refractivity contribution in [1.82, 2.24) is 10.6 Å². The Kier molecular flexibility index (Phi) is 9.44. The Morgan fingerprint density at radius 3 is 2.53 bits per heavy atom. The van der Waals surface area contributed by atoms with Crippen molar-refractivity contribution in [2.75, 3.05) is 6.54 Å². The van der Waals surface area contributed by atoms with E-state index in [1.807, 2.05) is 19.1 Å². The average Bonchev–Trinajstić information content (AvgIpc) is 3.82. The quantitative estimate of drug-likeness (QED) is 0.178. The van der Waals surface area contributed by atoms with Gasteiger partial charge in [-0.3, -0.25) is 9.59 Å². The Morgan fingerprint density at radius 2 is 1.82 bits per heavy atom. The minimum Gasteiger partial charge on any atom is -0.511 e. The summed E-state index contributed by atoms with van der Waals surface area (Å²) in [7, 11) is 0. The largest absolute Gasteiger partial charge is 0.511 e. The fraction of sp³-hybridized carbons (Fsp3) is 0.410. The van der Waals surface area contributed by atoms with Crippen molar-refractivity contribution in [3.05, 3.63) is 104 Å². The van der Waals surface area contributed by atoms with Crippen LogP contribution in [0.15, 0.2) is 119 Å².